The van der Waals surface area contributed by atoms with Crippen LogP contribution < -0.4 is 10.8 Å². The lowest BCUT2D eigenvalue weighted by Gasteiger charge is -2.11. The van der Waals surface area contributed by atoms with Crippen LogP contribution in [0.25, 0.3) is 22.3 Å². The number of hydrogen-bond acceptors (Lipinski definition) is 5. The molecule has 0 atom stereocenters. The fraction of sp³-hybridized carbons (Fsp3) is 0.0476. The Morgan fingerprint density at radius 2 is 1.50 bits per heavy atom. The lowest BCUT2D eigenvalue weighted by atomic mass is 10.1. The molecule has 0 saturated heterocycles. The molecule has 0 aliphatic carbocycles. The molecule has 0 amide bonds. The average molecular weight is 342 g/mol. The van der Waals surface area contributed by atoms with Gasteiger partial charge in [-0.05, 0) is 42.0 Å². The number of nitrogens with zero attached hydrogens (tertiary/aromatic N) is 2. The highest BCUT2D eigenvalue weighted by molar-refractivity contribution is 5.90. The van der Waals surface area contributed by atoms with Crippen molar-refractivity contribution in [1.29, 1.82) is 0 Å². The molecule has 1 heterocycles. The Hall–Kier alpha value is -3.44. The van der Waals surface area contributed by atoms with E-state index >= 15 is 0 Å². The summed E-state index contributed by atoms with van der Waals surface area (Å²) in [5.41, 5.74) is 5.72. The first-order chi connectivity index (χ1) is 12.8. The largest absolute Gasteiger partial charge is 0.365 e. The third kappa shape index (κ3) is 3.34. The summed E-state index contributed by atoms with van der Waals surface area (Å²) in [5, 5.41) is 13.4. The van der Waals surface area contributed by atoms with Crippen molar-refractivity contribution in [2.75, 3.05) is 10.8 Å². The van der Waals surface area contributed by atoms with Gasteiger partial charge in [-0.1, -0.05) is 42.5 Å². The SMILES string of the molecule is ONc1ccc(-c2nc(NCc3ccccc3)c3ccccc3n2)cc1. The molecule has 3 aromatic carbocycles. The molecule has 0 unspecified atom stereocenters. The standard InChI is InChI=1S/C21H18N4O/c26-25-17-12-10-16(11-13-17)20-23-19-9-5-4-8-18(19)21(24-20)22-14-15-6-2-1-3-7-15/h1-13,25-26H,14H2,(H,22,23,24). The van der Waals surface area contributed by atoms with Crippen molar-refractivity contribution in [3.8, 4) is 11.4 Å². The number of benzene rings is 3. The average Bonchev–Trinajstić information content (AvgIpc) is 2.72. The van der Waals surface area contributed by atoms with E-state index in [0.29, 0.717) is 18.1 Å². The summed E-state index contributed by atoms with van der Waals surface area (Å²) < 4.78 is 0. The molecule has 128 valence electrons. The van der Waals surface area contributed by atoms with Gasteiger partial charge < -0.3 is 5.32 Å². The van der Waals surface area contributed by atoms with E-state index in [1.165, 1.54) is 5.56 Å². The van der Waals surface area contributed by atoms with Gasteiger partial charge in [-0.15, -0.1) is 0 Å². The van der Waals surface area contributed by atoms with Gasteiger partial charge in [0.05, 0.1) is 11.2 Å². The van der Waals surface area contributed by atoms with Crippen LogP contribution in [0.1, 0.15) is 5.56 Å². The molecule has 0 saturated carbocycles. The summed E-state index contributed by atoms with van der Waals surface area (Å²) >= 11 is 0. The van der Waals surface area contributed by atoms with E-state index in [2.05, 4.69) is 27.9 Å². The Kier molecular flexibility index (Phi) is 4.45. The summed E-state index contributed by atoms with van der Waals surface area (Å²) in [6.45, 7) is 0.689. The Balaban J connectivity index is 1.72. The van der Waals surface area contributed by atoms with Crippen LogP contribution in [0.15, 0.2) is 78.9 Å². The van der Waals surface area contributed by atoms with Crippen LogP contribution in [0.4, 0.5) is 11.5 Å². The fourth-order valence-corrected chi connectivity index (χ4v) is 2.82. The topological polar surface area (TPSA) is 70.1 Å². The Morgan fingerprint density at radius 1 is 0.769 bits per heavy atom. The molecule has 0 aliphatic rings. The molecule has 0 fully saturated rings. The lowest BCUT2D eigenvalue weighted by molar-refractivity contribution is 0.389. The molecule has 4 rings (SSSR count). The van der Waals surface area contributed by atoms with Crippen LogP contribution >= 0.6 is 0 Å². The summed E-state index contributed by atoms with van der Waals surface area (Å²) in [6, 6.07) is 25.5. The van der Waals surface area contributed by atoms with Crippen LogP contribution in [0.2, 0.25) is 0 Å². The minimum atomic E-state index is 0.622. The third-order valence-electron chi connectivity index (χ3n) is 4.18. The minimum Gasteiger partial charge on any atom is -0.365 e. The molecular formula is C21H18N4O. The molecule has 0 aliphatic heterocycles. The van der Waals surface area contributed by atoms with Gasteiger partial charge in [0.15, 0.2) is 5.82 Å². The first kappa shape index (κ1) is 16.1. The normalized spacial score (nSPS) is 10.7. The van der Waals surface area contributed by atoms with Gasteiger partial charge in [-0.2, -0.15) is 0 Å². The number of hydrogen-bond donors (Lipinski definition) is 3. The van der Waals surface area contributed by atoms with E-state index in [4.69, 9.17) is 10.2 Å². The van der Waals surface area contributed by atoms with Gasteiger partial charge in [-0.25, -0.2) is 9.97 Å². The second kappa shape index (κ2) is 7.21. The zero-order chi connectivity index (χ0) is 17.8. The van der Waals surface area contributed by atoms with E-state index in [0.717, 1.165) is 22.3 Å². The maximum Gasteiger partial charge on any atom is 0.162 e. The lowest BCUT2D eigenvalue weighted by Crippen LogP contribution is -2.04. The molecule has 0 bridgehead atoms. The van der Waals surface area contributed by atoms with E-state index in [9.17, 15) is 0 Å². The minimum absolute atomic E-state index is 0.622. The quantitative estimate of drug-likeness (QED) is 0.458. The predicted octanol–water partition coefficient (Wildman–Crippen LogP) is 4.71. The van der Waals surface area contributed by atoms with E-state index in [1.807, 2.05) is 54.6 Å². The Labute approximate surface area is 151 Å². The van der Waals surface area contributed by atoms with Crippen LogP contribution in [0.5, 0.6) is 0 Å². The zero-order valence-electron chi connectivity index (χ0n) is 14.1. The monoisotopic (exact) mass is 342 g/mol. The summed E-state index contributed by atoms with van der Waals surface area (Å²) in [5.74, 6) is 1.45. The van der Waals surface area contributed by atoms with E-state index in [1.54, 1.807) is 12.1 Å². The second-order valence-electron chi connectivity index (χ2n) is 5.94. The van der Waals surface area contributed by atoms with Gasteiger partial charge in [0, 0.05) is 17.5 Å². The summed E-state index contributed by atoms with van der Waals surface area (Å²) in [6.07, 6.45) is 0. The van der Waals surface area contributed by atoms with Gasteiger partial charge >= 0.3 is 0 Å². The maximum absolute atomic E-state index is 8.97. The molecule has 1 aromatic heterocycles. The smallest absolute Gasteiger partial charge is 0.162 e. The first-order valence-electron chi connectivity index (χ1n) is 8.38. The van der Waals surface area contributed by atoms with Crippen molar-refractivity contribution in [1.82, 2.24) is 9.97 Å². The number of nitrogens with one attached hydrogen (secondary N) is 2. The van der Waals surface area contributed by atoms with E-state index in [-0.39, 0.29) is 0 Å². The summed E-state index contributed by atoms with van der Waals surface area (Å²) in [4.78, 5) is 9.42. The predicted molar refractivity (Wildman–Crippen MR) is 104 cm³/mol. The van der Waals surface area contributed by atoms with Gasteiger partial charge in [0.2, 0.25) is 0 Å². The molecule has 0 spiro atoms. The van der Waals surface area contributed by atoms with Gasteiger partial charge in [0.25, 0.3) is 0 Å². The highest BCUT2D eigenvalue weighted by atomic mass is 16.5. The molecular weight excluding hydrogens is 324 g/mol. The molecule has 5 nitrogen and oxygen atoms in total. The van der Waals surface area contributed by atoms with Crippen LogP contribution in [-0.2, 0) is 6.54 Å². The van der Waals surface area contributed by atoms with Crippen LogP contribution in [0, 0.1) is 0 Å². The van der Waals surface area contributed by atoms with Crippen molar-refractivity contribution in [2.45, 2.75) is 6.54 Å². The zero-order valence-corrected chi connectivity index (χ0v) is 14.1. The van der Waals surface area contributed by atoms with Gasteiger partial charge in [0.1, 0.15) is 5.82 Å². The van der Waals surface area contributed by atoms with Crippen molar-refractivity contribution in [2.24, 2.45) is 0 Å². The molecule has 0 radical (unpaired) electrons. The van der Waals surface area contributed by atoms with Gasteiger partial charge in [-0.3, -0.25) is 10.7 Å². The van der Waals surface area contributed by atoms with Crippen molar-refractivity contribution < 1.29 is 5.21 Å². The Bertz CT molecular complexity index is 1020. The highest BCUT2D eigenvalue weighted by Gasteiger charge is 2.09. The number of aromatic nitrogens is 2. The molecule has 26 heavy (non-hydrogen) atoms. The highest BCUT2D eigenvalue weighted by Crippen LogP contribution is 2.26. The first-order valence-corrected chi connectivity index (χ1v) is 8.38. The van der Waals surface area contributed by atoms with E-state index < -0.39 is 0 Å². The number of para-hydroxylation sites is 1. The van der Waals surface area contributed by atoms with Crippen molar-refractivity contribution in [3.63, 3.8) is 0 Å². The number of anilines is 2. The maximum atomic E-state index is 8.97. The van der Waals surface area contributed by atoms with Crippen molar-refractivity contribution in [3.05, 3.63) is 84.4 Å². The van der Waals surface area contributed by atoms with Crippen molar-refractivity contribution >= 4 is 22.4 Å². The fourth-order valence-electron chi connectivity index (χ4n) is 2.82. The van der Waals surface area contributed by atoms with Crippen LogP contribution in [-0.4, -0.2) is 15.2 Å². The second-order valence-corrected chi connectivity index (χ2v) is 5.94. The molecule has 5 heteroatoms. The van der Waals surface area contributed by atoms with Crippen LogP contribution in [0.3, 0.4) is 0 Å². The number of fused-ring (bicyclic) bond motifs is 1. The molecule has 4 aromatic rings. The Morgan fingerprint density at radius 3 is 2.27 bits per heavy atom. The molecule has 3 N–H and O–H groups in total. The third-order valence-corrected chi connectivity index (χ3v) is 4.18. The summed E-state index contributed by atoms with van der Waals surface area (Å²) in [7, 11) is 0. The number of rotatable bonds is 5.